The Bertz CT molecular complexity index is 281. The second-order valence-corrected chi connectivity index (χ2v) is 7.80. The summed E-state index contributed by atoms with van der Waals surface area (Å²) in [4.78, 5) is 2.37. The SMILES string of the molecule is CCN(CC(C)(C)O)CC1(CNCC(C)C)CCCOC1. The van der Waals surface area contributed by atoms with Crippen LogP contribution in [0.3, 0.4) is 0 Å². The van der Waals surface area contributed by atoms with Crippen LogP contribution in [0, 0.1) is 11.3 Å². The van der Waals surface area contributed by atoms with Crippen molar-refractivity contribution in [1.82, 2.24) is 10.2 Å². The van der Waals surface area contributed by atoms with Crippen LogP contribution in [0.5, 0.6) is 0 Å². The first-order valence-electron chi connectivity index (χ1n) is 8.49. The predicted molar refractivity (Wildman–Crippen MR) is 88.6 cm³/mol. The standard InChI is InChI=1S/C17H36N2O2/c1-6-19(12-16(4,5)20)13-17(8-7-9-21-14-17)11-18-10-15(2)3/h15,18,20H,6-14H2,1-5H3. The van der Waals surface area contributed by atoms with Gasteiger partial charge < -0.3 is 20.1 Å². The maximum absolute atomic E-state index is 10.1. The van der Waals surface area contributed by atoms with Gasteiger partial charge in [0.25, 0.3) is 0 Å². The molecule has 1 heterocycles. The van der Waals surface area contributed by atoms with Crippen LogP contribution in [-0.4, -0.2) is 61.5 Å². The number of hydrogen-bond donors (Lipinski definition) is 2. The van der Waals surface area contributed by atoms with E-state index in [0.717, 1.165) is 52.4 Å². The Kier molecular flexibility index (Phi) is 7.62. The van der Waals surface area contributed by atoms with Crippen molar-refractivity contribution >= 4 is 0 Å². The average Bonchev–Trinajstić information content (AvgIpc) is 2.37. The van der Waals surface area contributed by atoms with Crippen molar-refractivity contribution < 1.29 is 9.84 Å². The van der Waals surface area contributed by atoms with Crippen molar-refractivity contribution in [3.05, 3.63) is 0 Å². The Morgan fingerprint density at radius 2 is 2.10 bits per heavy atom. The molecule has 126 valence electrons. The summed E-state index contributed by atoms with van der Waals surface area (Å²) in [5.74, 6) is 0.671. The largest absolute Gasteiger partial charge is 0.389 e. The molecule has 1 saturated heterocycles. The Hall–Kier alpha value is -0.160. The second-order valence-electron chi connectivity index (χ2n) is 7.80. The third kappa shape index (κ3) is 7.59. The molecule has 21 heavy (non-hydrogen) atoms. The van der Waals surface area contributed by atoms with E-state index in [1.54, 1.807) is 0 Å². The van der Waals surface area contributed by atoms with Crippen LogP contribution in [0.4, 0.5) is 0 Å². The summed E-state index contributed by atoms with van der Waals surface area (Å²) in [7, 11) is 0. The molecule has 0 spiro atoms. The molecule has 0 radical (unpaired) electrons. The minimum atomic E-state index is -0.641. The fourth-order valence-electron chi connectivity index (χ4n) is 3.16. The van der Waals surface area contributed by atoms with E-state index in [2.05, 4.69) is 31.0 Å². The van der Waals surface area contributed by atoms with E-state index < -0.39 is 5.60 Å². The van der Waals surface area contributed by atoms with Crippen LogP contribution < -0.4 is 5.32 Å². The lowest BCUT2D eigenvalue weighted by atomic mass is 9.81. The van der Waals surface area contributed by atoms with Gasteiger partial charge in [-0.1, -0.05) is 20.8 Å². The smallest absolute Gasteiger partial charge is 0.0718 e. The molecule has 0 amide bonds. The van der Waals surface area contributed by atoms with E-state index >= 15 is 0 Å². The molecule has 4 heteroatoms. The number of aliphatic hydroxyl groups is 1. The molecule has 1 unspecified atom stereocenters. The Morgan fingerprint density at radius 3 is 2.57 bits per heavy atom. The normalized spacial score (nSPS) is 24.0. The predicted octanol–water partition coefficient (Wildman–Crippen LogP) is 2.12. The number of rotatable bonds is 9. The van der Waals surface area contributed by atoms with E-state index in [0.29, 0.717) is 5.92 Å². The third-order valence-electron chi connectivity index (χ3n) is 4.07. The lowest BCUT2D eigenvalue weighted by molar-refractivity contribution is -0.0401. The van der Waals surface area contributed by atoms with E-state index in [1.807, 2.05) is 13.8 Å². The lowest BCUT2D eigenvalue weighted by Crippen LogP contribution is -2.51. The minimum absolute atomic E-state index is 0.189. The van der Waals surface area contributed by atoms with Crippen LogP contribution in [0.15, 0.2) is 0 Å². The van der Waals surface area contributed by atoms with Crippen LogP contribution in [0.2, 0.25) is 0 Å². The molecule has 1 fully saturated rings. The van der Waals surface area contributed by atoms with Crippen molar-refractivity contribution in [2.45, 2.75) is 53.1 Å². The molecule has 1 aliphatic heterocycles. The zero-order valence-electron chi connectivity index (χ0n) is 14.7. The Morgan fingerprint density at radius 1 is 1.38 bits per heavy atom. The van der Waals surface area contributed by atoms with Crippen molar-refractivity contribution in [3.8, 4) is 0 Å². The number of likely N-dealkylation sites (N-methyl/N-ethyl adjacent to an activating group) is 1. The lowest BCUT2D eigenvalue weighted by Gasteiger charge is -2.42. The van der Waals surface area contributed by atoms with Gasteiger partial charge in [-0.05, 0) is 45.7 Å². The molecule has 2 N–H and O–H groups in total. The number of hydrogen-bond acceptors (Lipinski definition) is 4. The quantitative estimate of drug-likeness (QED) is 0.685. The van der Waals surface area contributed by atoms with Crippen molar-refractivity contribution in [3.63, 3.8) is 0 Å². The van der Waals surface area contributed by atoms with Gasteiger partial charge in [-0.2, -0.15) is 0 Å². The van der Waals surface area contributed by atoms with Gasteiger partial charge in [-0.25, -0.2) is 0 Å². The van der Waals surface area contributed by atoms with Gasteiger partial charge in [-0.15, -0.1) is 0 Å². The van der Waals surface area contributed by atoms with Crippen molar-refractivity contribution in [2.75, 3.05) is 45.9 Å². The zero-order chi connectivity index (χ0) is 15.9. The van der Waals surface area contributed by atoms with Crippen LogP contribution in [-0.2, 0) is 4.74 Å². The van der Waals surface area contributed by atoms with Crippen LogP contribution in [0.1, 0.15) is 47.5 Å². The summed E-state index contributed by atoms with van der Waals surface area (Å²) in [6.07, 6.45) is 2.35. The number of nitrogens with one attached hydrogen (secondary N) is 1. The Balaban J connectivity index is 2.62. The van der Waals surface area contributed by atoms with E-state index in [9.17, 15) is 5.11 Å². The van der Waals surface area contributed by atoms with Crippen molar-refractivity contribution in [2.24, 2.45) is 11.3 Å². The summed E-state index contributed by atoms with van der Waals surface area (Å²) in [5, 5.41) is 13.7. The second kappa shape index (κ2) is 8.47. The molecule has 1 rings (SSSR count). The molecular formula is C17H36N2O2. The fourth-order valence-corrected chi connectivity index (χ4v) is 3.16. The van der Waals surface area contributed by atoms with Crippen LogP contribution in [0.25, 0.3) is 0 Å². The van der Waals surface area contributed by atoms with Gasteiger partial charge in [0, 0.05) is 31.7 Å². The summed E-state index contributed by atoms with van der Waals surface area (Å²) >= 11 is 0. The Labute approximate surface area is 131 Å². The molecule has 1 aliphatic rings. The summed E-state index contributed by atoms with van der Waals surface area (Å²) in [5.41, 5.74) is -0.452. The molecule has 0 saturated carbocycles. The van der Waals surface area contributed by atoms with Gasteiger partial charge in [-0.3, -0.25) is 0 Å². The molecule has 1 atom stereocenters. The van der Waals surface area contributed by atoms with E-state index in [-0.39, 0.29) is 5.41 Å². The van der Waals surface area contributed by atoms with Gasteiger partial charge in [0.05, 0.1) is 12.2 Å². The highest BCUT2D eigenvalue weighted by atomic mass is 16.5. The average molecular weight is 300 g/mol. The molecule has 0 aromatic heterocycles. The first-order valence-corrected chi connectivity index (χ1v) is 8.49. The molecular weight excluding hydrogens is 264 g/mol. The van der Waals surface area contributed by atoms with Gasteiger partial charge in [0.15, 0.2) is 0 Å². The first-order chi connectivity index (χ1) is 9.76. The summed E-state index contributed by atoms with van der Waals surface area (Å²) in [6, 6.07) is 0. The molecule has 4 nitrogen and oxygen atoms in total. The molecule has 0 bridgehead atoms. The molecule has 0 aromatic carbocycles. The summed E-state index contributed by atoms with van der Waals surface area (Å²) < 4.78 is 5.79. The van der Waals surface area contributed by atoms with Gasteiger partial charge in [0.2, 0.25) is 0 Å². The minimum Gasteiger partial charge on any atom is -0.389 e. The van der Waals surface area contributed by atoms with E-state index in [1.165, 1.54) is 6.42 Å². The third-order valence-corrected chi connectivity index (χ3v) is 4.07. The maximum Gasteiger partial charge on any atom is 0.0718 e. The number of ether oxygens (including phenoxy) is 1. The highest BCUT2D eigenvalue weighted by Crippen LogP contribution is 2.29. The van der Waals surface area contributed by atoms with Crippen LogP contribution >= 0.6 is 0 Å². The van der Waals surface area contributed by atoms with Gasteiger partial charge in [0.1, 0.15) is 0 Å². The molecule has 0 aliphatic carbocycles. The first kappa shape index (κ1) is 18.9. The number of nitrogens with zero attached hydrogens (tertiary/aromatic N) is 1. The molecule has 0 aromatic rings. The zero-order valence-corrected chi connectivity index (χ0v) is 14.7. The monoisotopic (exact) mass is 300 g/mol. The highest BCUT2D eigenvalue weighted by molar-refractivity contribution is 4.88. The van der Waals surface area contributed by atoms with Crippen molar-refractivity contribution in [1.29, 1.82) is 0 Å². The fraction of sp³-hybridized carbons (Fsp3) is 1.00. The van der Waals surface area contributed by atoms with E-state index in [4.69, 9.17) is 4.74 Å². The summed E-state index contributed by atoms with van der Waals surface area (Å²) in [6.45, 7) is 16.9. The highest BCUT2D eigenvalue weighted by Gasteiger charge is 2.35. The van der Waals surface area contributed by atoms with Gasteiger partial charge >= 0.3 is 0 Å². The maximum atomic E-state index is 10.1. The topological polar surface area (TPSA) is 44.7 Å².